The molecule has 150 valence electrons. The van der Waals surface area contributed by atoms with Crippen LogP contribution in [-0.2, 0) is 6.54 Å². The first-order chi connectivity index (χ1) is 13.6. The summed E-state index contributed by atoms with van der Waals surface area (Å²) in [7, 11) is 3.54. The topological polar surface area (TPSA) is 48.9 Å². The van der Waals surface area contributed by atoms with Crippen LogP contribution in [0.1, 0.15) is 23.1 Å². The molecule has 0 bridgehead atoms. The van der Waals surface area contributed by atoms with Gasteiger partial charge in [-0.25, -0.2) is 0 Å². The second kappa shape index (κ2) is 9.49. The van der Waals surface area contributed by atoms with E-state index in [1.807, 2.05) is 13.1 Å². The van der Waals surface area contributed by atoms with Gasteiger partial charge in [0.1, 0.15) is 5.75 Å². The summed E-state index contributed by atoms with van der Waals surface area (Å²) in [6.45, 7) is 8.12. The molecule has 2 N–H and O–H groups in total. The maximum Gasteiger partial charge on any atom is 0.191 e. The maximum absolute atomic E-state index is 5.35. The van der Waals surface area contributed by atoms with E-state index in [0.29, 0.717) is 5.92 Å². The fourth-order valence-electron chi connectivity index (χ4n) is 3.73. The Morgan fingerprint density at radius 3 is 2.79 bits per heavy atom. The molecular formula is C23H32N4O. The van der Waals surface area contributed by atoms with Gasteiger partial charge in [-0.2, -0.15) is 0 Å². The van der Waals surface area contributed by atoms with Gasteiger partial charge >= 0.3 is 0 Å². The van der Waals surface area contributed by atoms with Crippen molar-refractivity contribution in [3.63, 3.8) is 0 Å². The first-order valence-electron chi connectivity index (χ1n) is 9.98. The number of benzene rings is 2. The maximum atomic E-state index is 5.35. The number of rotatable bonds is 6. The fourth-order valence-corrected chi connectivity index (χ4v) is 3.73. The van der Waals surface area contributed by atoms with E-state index in [0.717, 1.165) is 37.9 Å². The standard InChI is InChI=1S/C23H32N4O/c1-17-8-9-20(18(2)12-17)15-26-23(24-3)25-14-19-10-11-27(16-19)21-6-5-7-22(13-21)28-4/h5-9,12-13,19H,10-11,14-16H2,1-4H3,(H2,24,25,26). The molecule has 1 aliphatic rings. The van der Waals surface area contributed by atoms with Gasteiger partial charge < -0.3 is 20.3 Å². The largest absolute Gasteiger partial charge is 0.497 e. The zero-order valence-electron chi connectivity index (χ0n) is 17.5. The van der Waals surface area contributed by atoms with Crippen molar-refractivity contribution < 1.29 is 4.74 Å². The molecule has 1 heterocycles. The minimum atomic E-state index is 0.603. The van der Waals surface area contributed by atoms with Crippen LogP contribution in [0.5, 0.6) is 5.75 Å². The van der Waals surface area contributed by atoms with Crippen LogP contribution in [0, 0.1) is 19.8 Å². The van der Waals surface area contributed by atoms with Gasteiger partial charge in [-0.05, 0) is 49.4 Å². The van der Waals surface area contributed by atoms with Gasteiger partial charge in [0.15, 0.2) is 5.96 Å². The van der Waals surface area contributed by atoms with Crippen molar-refractivity contribution in [2.75, 3.05) is 38.7 Å². The number of aryl methyl sites for hydroxylation is 2. The summed E-state index contributed by atoms with van der Waals surface area (Å²) >= 11 is 0. The van der Waals surface area contributed by atoms with Crippen molar-refractivity contribution in [3.8, 4) is 5.75 Å². The van der Waals surface area contributed by atoms with Gasteiger partial charge in [0.25, 0.3) is 0 Å². The van der Waals surface area contributed by atoms with Gasteiger partial charge in [-0.1, -0.05) is 29.8 Å². The van der Waals surface area contributed by atoms with E-state index in [4.69, 9.17) is 4.74 Å². The summed E-state index contributed by atoms with van der Waals surface area (Å²) in [5, 5.41) is 6.93. The second-order valence-electron chi connectivity index (χ2n) is 7.54. The third-order valence-corrected chi connectivity index (χ3v) is 5.43. The Kier molecular flexibility index (Phi) is 6.80. The lowest BCUT2D eigenvalue weighted by atomic mass is 10.1. The molecule has 0 spiro atoms. The lowest BCUT2D eigenvalue weighted by Gasteiger charge is -2.20. The number of guanidine groups is 1. The predicted molar refractivity (Wildman–Crippen MR) is 117 cm³/mol. The Morgan fingerprint density at radius 2 is 2.04 bits per heavy atom. The highest BCUT2D eigenvalue weighted by molar-refractivity contribution is 5.79. The van der Waals surface area contributed by atoms with Crippen molar-refractivity contribution >= 4 is 11.6 Å². The second-order valence-corrected chi connectivity index (χ2v) is 7.54. The first kappa shape index (κ1) is 20.1. The van der Waals surface area contributed by atoms with E-state index in [2.05, 4.69) is 70.8 Å². The summed E-state index contributed by atoms with van der Waals surface area (Å²) < 4.78 is 5.35. The molecule has 28 heavy (non-hydrogen) atoms. The van der Waals surface area contributed by atoms with E-state index < -0.39 is 0 Å². The van der Waals surface area contributed by atoms with Gasteiger partial charge in [0.05, 0.1) is 7.11 Å². The number of hydrogen-bond acceptors (Lipinski definition) is 3. The molecule has 0 aromatic heterocycles. The lowest BCUT2D eigenvalue weighted by molar-refractivity contribution is 0.415. The average molecular weight is 381 g/mol. The van der Waals surface area contributed by atoms with Crippen LogP contribution in [-0.4, -0.2) is 39.8 Å². The molecule has 0 aliphatic carbocycles. The molecule has 0 amide bonds. The van der Waals surface area contributed by atoms with Crippen LogP contribution in [0.15, 0.2) is 47.5 Å². The zero-order chi connectivity index (χ0) is 19.9. The molecule has 1 aliphatic heterocycles. The molecule has 0 saturated carbocycles. The highest BCUT2D eigenvalue weighted by atomic mass is 16.5. The summed E-state index contributed by atoms with van der Waals surface area (Å²) in [6, 6.07) is 14.9. The number of aliphatic imine (C=N–C) groups is 1. The number of hydrogen-bond donors (Lipinski definition) is 2. The van der Waals surface area contributed by atoms with Crippen LogP contribution >= 0.6 is 0 Å². The minimum Gasteiger partial charge on any atom is -0.497 e. The van der Waals surface area contributed by atoms with Crippen molar-refractivity contribution in [3.05, 3.63) is 59.2 Å². The summed E-state index contributed by atoms with van der Waals surface area (Å²) in [6.07, 6.45) is 1.18. The molecular weight excluding hydrogens is 348 g/mol. The van der Waals surface area contributed by atoms with Crippen LogP contribution in [0.3, 0.4) is 0 Å². The Labute approximate surface area is 168 Å². The highest BCUT2D eigenvalue weighted by Gasteiger charge is 2.23. The Bertz CT molecular complexity index is 818. The van der Waals surface area contributed by atoms with Gasteiger partial charge in [-0.3, -0.25) is 4.99 Å². The fraction of sp³-hybridized carbons (Fsp3) is 0.435. The Balaban J connectivity index is 1.47. The molecule has 1 unspecified atom stereocenters. The first-order valence-corrected chi connectivity index (χ1v) is 9.98. The predicted octanol–water partition coefficient (Wildman–Crippen LogP) is 3.50. The zero-order valence-corrected chi connectivity index (χ0v) is 17.5. The van der Waals surface area contributed by atoms with Crippen LogP contribution in [0.25, 0.3) is 0 Å². The van der Waals surface area contributed by atoms with Gasteiger partial charge in [0.2, 0.25) is 0 Å². The number of nitrogens with one attached hydrogen (secondary N) is 2. The van der Waals surface area contributed by atoms with E-state index in [9.17, 15) is 0 Å². The normalized spacial score (nSPS) is 16.9. The van der Waals surface area contributed by atoms with Crippen molar-refractivity contribution in [1.29, 1.82) is 0 Å². The summed E-state index contributed by atoms with van der Waals surface area (Å²) in [4.78, 5) is 6.81. The molecule has 2 aromatic carbocycles. The summed E-state index contributed by atoms with van der Waals surface area (Å²) in [5.74, 6) is 2.38. The monoisotopic (exact) mass is 380 g/mol. The third-order valence-electron chi connectivity index (χ3n) is 5.43. The van der Waals surface area contributed by atoms with Crippen molar-refractivity contribution in [2.24, 2.45) is 10.9 Å². The smallest absolute Gasteiger partial charge is 0.191 e. The van der Waals surface area contributed by atoms with Crippen LogP contribution < -0.4 is 20.3 Å². The molecule has 1 atom stereocenters. The van der Waals surface area contributed by atoms with E-state index in [1.165, 1.54) is 28.8 Å². The molecule has 1 fully saturated rings. The van der Waals surface area contributed by atoms with Crippen molar-refractivity contribution in [2.45, 2.75) is 26.8 Å². The van der Waals surface area contributed by atoms with E-state index in [1.54, 1.807) is 7.11 Å². The Morgan fingerprint density at radius 1 is 1.18 bits per heavy atom. The molecule has 5 heteroatoms. The molecule has 1 saturated heterocycles. The Hall–Kier alpha value is -2.69. The van der Waals surface area contributed by atoms with Crippen molar-refractivity contribution in [1.82, 2.24) is 10.6 Å². The molecule has 5 nitrogen and oxygen atoms in total. The van der Waals surface area contributed by atoms with Gasteiger partial charge in [0, 0.05) is 45.0 Å². The van der Waals surface area contributed by atoms with Crippen LogP contribution in [0.4, 0.5) is 5.69 Å². The average Bonchev–Trinajstić information content (AvgIpc) is 3.18. The van der Waals surface area contributed by atoms with Gasteiger partial charge in [-0.15, -0.1) is 0 Å². The SMILES string of the molecule is CN=C(NCc1ccc(C)cc1C)NCC1CCN(c2cccc(OC)c2)C1. The van der Waals surface area contributed by atoms with E-state index >= 15 is 0 Å². The molecule has 2 aromatic rings. The third kappa shape index (κ3) is 5.18. The number of nitrogens with zero attached hydrogens (tertiary/aromatic N) is 2. The van der Waals surface area contributed by atoms with E-state index in [-0.39, 0.29) is 0 Å². The molecule has 0 radical (unpaired) electrons. The summed E-state index contributed by atoms with van der Waals surface area (Å²) in [5.41, 5.74) is 5.15. The number of methoxy groups -OCH3 is 1. The van der Waals surface area contributed by atoms with Crippen LogP contribution in [0.2, 0.25) is 0 Å². The number of ether oxygens (including phenoxy) is 1. The quantitative estimate of drug-likeness (QED) is 0.595. The molecule has 3 rings (SSSR count). The number of anilines is 1. The lowest BCUT2D eigenvalue weighted by Crippen LogP contribution is -2.40. The highest BCUT2D eigenvalue weighted by Crippen LogP contribution is 2.26. The minimum absolute atomic E-state index is 0.603.